The highest BCUT2D eigenvalue weighted by atomic mass is 16.5. The van der Waals surface area contributed by atoms with Crippen LogP contribution < -0.4 is 0 Å². The number of hydrogen-bond donors (Lipinski definition) is 0. The number of fused-ring (bicyclic) bond motifs is 5. The van der Waals surface area contributed by atoms with Crippen molar-refractivity contribution in [3.63, 3.8) is 0 Å². The minimum absolute atomic E-state index is 0.246. The Morgan fingerprint density at radius 2 is 1.67 bits per heavy atom. The Morgan fingerprint density at radius 3 is 2.39 bits per heavy atom. The number of methoxy groups -OCH3 is 1. The van der Waals surface area contributed by atoms with E-state index in [0.29, 0.717) is 17.6 Å². The summed E-state index contributed by atoms with van der Waals surface area (Å²) >= 11 is 0. The highest BCUT2D eigenvalue weighted by molar-refractivity contribution is 5.27. The summed E-state index contributed by atoms with van der Waals surface area (Å²) in [7, 11) is 1.92. The maximum absolute atomic E-state index is 6.68. The molecule has 7 atom stereocenters. The largest absolute Gasteiger partial charge is 0.495 e. The SMILES string of the molecule is COC[C@]12CCC(OC3=CCCC3)CC1=CC[C@@H]1[C@H]2CC[C@]2(C)C(OC3=CCCC3)CC[C@@H]12. The van der Waals surface area contributed by atoms with Crippen molar-refractivity contribution in [3.8, 4) is 0 Å². The zero-order valence-electron chi connectivity index (χ0n) is 21.0. The van der Waals surface area contributed by atoms with Gasteiger partial charge in [-0.15, -0.1) is 0 Å². The summed E-state index contributed by atoms with van der Waals surface area (Å²) in [5.74, 6) is 4.92. The van der Waals surface area contributed by atoms with Crippen LogP contribution in [0.15, 0.2) is 35.3 Å². The molecule has 0 heterocycles. The van der Waals surface area contributed by atoms with E-state index in [-0.39, 0.29) is 5.41 Å². The van der Waals surface area contributed by atoms with Crippen molar-refractivity contribution in [2.75, 3.05) is 13.7 Å². The number of hydrogen-bond acceptors (Lipinski definition) is 3. The summed E-state index contributed by atoms with van der Waals surface area (Å²) in [6.07, 6.45) is 25.5. The molecule has 2 unspecified atom stereocenters. The van der Waals surface area contributed by atoms with Crippen molar-refractivity contribution in [2.24, 2.45) is 28.6 Å². The lowest BCUT2D eigenvalue weighted by molar-refractivity contribution is -0.0998. The third-order valence-electron chi connectivity index (χ3n) is 10.7. The first-order chi connectivity index (χ1) is 16.1. The van der Waals surface area contributed by atoms with E-state index < -0.39 is 0 Å². The Labute approximate surface area is 201 Å². The molecule has 3 heteroatoms. The average Bonchev–Trinajstić information content (AvgIpc) is 3.57. The van der Waals surface area contributed by atoms with Crippen LogP contribution in [0.25, 0.3) is 0 Å². The maximum atomic E-state index is 6.68. The van der Waals surface area contributed by atoms with Gasteiger partial charge in [-0.2, -0.15) is 0 Å². The van der Waals surface area contributed by atoms with Gasteiger partial charge in [0.15, 0.2) is 0 Å². The van der Waals surface area contributed by atoms with Crippen LogP contribution in [0.5, 0.6) is 0 Å². The molecular formula is C30H44O3. The highest BCUT2D eigenvalue weighted by Gasteiger charge is 2.60. The lowest BCUT2D eigenvalue weighted by atomic mass is 9.47. The average molecular weight is 453 g/mol. The zero-order valence-corrected chi connectivity index (χ0v) is 21.0. The summed E-state index contributed by atoms with van der Waals surface area (Å²) in [5, 5.41) is 0. The Balaban J connectivity index is 1.22. The van der Waals surface area contributed by atoms with E-state index in [9.17, 15) is 0 Å². The van der Waals surface area contributed by atoms with Gasteiger partial charge in [-0.1, -0.05) is 18.6 Å². The third-order valence-corrected chi connectivity index (χ3v) is 10.7. The van der Waals surface area contributed by atoms with E-state index in [1.54, 1.807) is 5.57 Å². The minimum atomic E-state index is 0.246. The van der Waals surface area contributed by atoms with Crippen molar-refractivity contribution in [1.82, 2.24) is 0 Å². The van der Waals surface area contributed by atoms with Gasteiger partial charge in [0.25, 0.3) is 0 Å². The van der Waals surface area contributed by atoms with Gasteiger partial charge in [-0.05, 0) is 101 Å². The van der Waals surface area contributed by atoms with Crippen LogP contribution in [0.1, 0.15) is 96.8 Å². The summed E-state index contributed by atoms with van der Waals surface area (Å²) in [5.41, 5.74) is 2.26. The molecule has 3 nitrogen and oxygen atoms in total. The van der Waals surface area contributed by atoms with Crippen molar-refractivity contribution in [3.05, 3.63) is 35.3 Å². The van der Waals surface area contributed by atoms with Crippen LogP contribution in [0.4, 0.5) is 0 Å². The monoisotopic (exact) mass is 452 g/mol. The molecule has 0 aromatic carbocycles. The maximum Gasteiger partial charge on any atom is 0.104 e. The van der Waals surface area contributed by atoms with Crippen LogP contribution in [0.2, 0.25) is 0 Å². The first-order valence-corrected chi connectivity index (χ1v) is 14.0. The Morgan fingerprint density at radius 1 is 0.879 bits per heavy atom. The predicted molar refractivity (Wildman–Crippen MR) is 132 cm³/mol. The number of ether oxygens (including phenoxy) is 3. The van der Waals surface area contributed by atoms with Gasteiger partial charge in [-0.25, -0.2) is 0 Å². The molecule has 33 heavy (non-hydrogen) atoms. The second-order valence-corrected chi connectivity index (χ2v) is 12.3. The molecule has 6 aliphatic rings. The Bertz CT molecular complexity index is 839. The molecule has 0 aromatic rings. The summed E-state index contributed by atoms with van der Waals surface area (Å²) in [6, 6.07) is 0. The van der Waals surface area contributed by atoms with E-state index in [0.717, 1.165) is 43.6 Å². The van der Waals surface area contributed by atoms with E-state index >= 15 is 0 Å². The molecule has 6 rings (SSSR count). The molecule has 0 amide bonds. The lowest BCUT2D eigenvalue weighted by Gasteiger charge is -2.58. The third kappa shape index (κ3) is 3.72. The predicted octanol–water partition coefficient (Wildman–Crippen LogP) is 7.48. The van der Waals surface area contributed by atoms with Gasteiger partial charge in [0.05, 0.1) is 18.1 Å². The Kier molecular flexibility index (Phi) is 5.92. The lowest BCUT2D eigenvalue weighted by Crippen LogP contribution is -2.54. The second-order valence-electron chi connectivity index (χ2n) is 12.3. The van der Waals surface area contributed by atoms with Crippen molar-refractivity contribution in [1.29, 1.82) is 0 Å². The van der Waals surface area contributed by atoms with Gasteiger partial charge < -0.3 is 14.2 Å². The van der Waals surface area contributed by atoms with Gasteiger partial charge in [0.1, 0.15) is 12.2 Å². The molecule has 0 aromatic heterocycles. The molecule has 3 saturated carbocycles. The highest BCUT2D eigenvalue weighted by Crippen LogP contribution is 2.65. The van der Waals surface area contributed by atoms with Crippen LogP contribution in [0.3, 0.4) is 0 Å². The van der Waals surface area contributed by atoms with E-state index in [1.165, 1.54) is 82.1 Å². The van der Waals surface area contributed by atoms with Gasteiger partial charge >= 0.3 is 0 Å². The van der Waals surface area contributed by atoms with E-state index in [2.05, 4.69) is 25.2 Å². The van der Waals surface area contributed by atoms with Crippen molar-refractivity contribution < 1.29 is 14.2 Å². The molecule has 0 aliphatic heterocycles. The molecule has 0 spiro atoms. The van der Waals surface area contributed by atoms with Crippen LogP contribution in [-0.2, 0) is 14.2 Å². The van der Waals surface area contributed by atoms with Gasteiger partial charge in [0.2, 0.25) is 0 Å². The molecular weight excluding hydrogens is 408 g/mol. The molecule has 0 bridgehead atoms. The smallest absolute Gasteiger partial charge is 0.104 e. The topological polar surface area (TPSA) is 27.7 Å². The van der Waals surface area contributed by atoms with Crippen LogP contribution in [0, 0.1) is 28.6 Å². The molecule has 3 fully saturated rings. The van der Waals surface area contributed by atoms with E-state index in [1.807, 2.05) is 7.11 Å². The summed E-state index contributed by atoms with van der Waals surface area (Å²) in [4.78, 5) is 0. The summed E-state index contributed by atoms with van der Waals surface area (Å²) < 4.78 is 19.1. The van der Waals surface area contributed by atoms with Crippen molar-refractivity contribution >= 4 is 0 Å². The standard InChI is InChI=1S/C30H44O3/c1-29-17-16-27-25(26(29)13-14-28(29)33-23-9-5-6-10-23)12-11-21-19-24(32-22-7-3-4-8-22)15-18-30(21,27)20-31-2/h7,9,11,24-28H,3-6,8,10,12-20H2,1-2H3/t24?,25-,26-,27+,28?,29-,30+/m0/s1. The molecule has 0 saturated heterocycles. The molecule has 0 N–H and O–H groups in total. The first-order valence-electron chi connectivity index (χ1n) is 14.0. The van der Waals surface area contributed by atoms with Crippen LogP contribution >= 0.6 is 0 Å². The summed E-state index contributed by atoms with van der Waals surface area (Å²) in [6.45, 7) is 3.47. The number of allylic oxidation sites excluding steroid dienone is 5. The number of rotatable bonds is 6. The zero-order chi connectivity index (χ0) is 22.5. The Hall–Kier alpha value is -1.22. The minimum Gasteiger partial charge on any atom is -0.495 e. The fraction of sp³-hybridized carbons (Fsp3) is 0.800. The fourth-order valence-corrected chi connectivity index (χ4v) is 9.09. The normalized spacial score (nSPS) is 44.3. The van der Waals surface area contributed by atoms with Crippen LogP contribution in [-0.4, -0.2) is 25.9 Å². The quantitative estimate of drug-likeness (QED) is 0.391. The van der Waals surface area contributed by atoms with Gasteiger partial charge in [0, 0.05) is 37.2 Å². The first kappa shape index (κ1) is 22.3. The van der Waals surface area contributed by atoms with Crippen molar-refractivity contribution in [2.45, 2.75) is 109 Å². The molecule has 6 aliphatic carbocycles. The fourth-order valence-electron chi connectivity index (χ4n) is 9.09. The second kappa shape index (κ2) is 8.77. The van der Waals surface area contributed by atoms with E-state index in [4.69, 9.17) is 14.2 Å². The molecule has 0 radical (unpaired) electrons. The molecule has 182 valence electrons. The van der Waals surface area contributed by atoms with Gasteiger partial charge in [-0.3, -0.25) is 0 Å².